The van der Waals surface area contributed by atoms with E-state index in [4.69, 9.17) is 37.0 Å². The molecule has 0 rings (SSSR count). The van der Waals surface area contributed by atoms with Crippen molar-refractivity contribution < 1.29 is 80.2 Å². The Balaban J connectivity index is 5.25. The van der Waals surface area contributed by atoms with Crippen LogP contribution in [0.2, 0.25) is 0 Å². The third-order valence-electron chi connectivity index (χ3n) is 21.7. The minimum Gasteiger partial charge on any atom is -0.462 e. The van der Waals surface area contributed by atoms with Crippen molar-refractivity contribution in [3.63, 3.8) is 0 Å². The summed E-state index contributed by atoms with van der Waals surface area (Å²) in [6, 6.07) is 0. The Labute approximate surface area is 683 Å². The van der Waals surface area contributed by atoms with Gasteiger partial charge >= 0.3 is 39.5 Å². The number of rotatable bonds is 91. The van der Waals surface area contributed by atoms with Crippen molar-refractivity contribution in [2.24, 2.45) is 11.8 Å². The number of hydrogen-bond acceptors (Lipinski definition) is 15. The number of aliphatic hydroxyl groups excluding tert-OH is 1. The van der Waals surface area contributed by atoms with Crippen LogP contribution in [-0.2, 0) is 65.4 Å². The molecule has 19 heteroatoms. The van der Waals surface area contributed by atoms with Gasteiger partial charge in [0, 0.05) is 25.7 Å². The summed E-state index contributed by atoms with van der Waals surface area (Å²) in [5, 5.41) is 10.7. The van der Waals surface area contributed by atoms with Crippen molar-refractivity contribution in [2.75, 3.05) is 39.6 Å². The zero-order valence-electron chi connectivity index (χ0n) is 73.3. The molecular weight excluding hydrogens is 1440 g/mol. The number of esters is 4. The normalized spacial score (nSPS) is 13.7. The lowest BCUT2D eigenvalue weighted by Gasteiger charge is -2.21. The molecule has 5 atom stereocenters. The Morgan fingerprint density at radius 3 is 0.613 bits per heavy atom. The number of carbonyl (C=O) groups excluding carboxylic acids is 4. The van der Waals surface area contributed by atoms with E-state index >= 15 is 0 Å². The molecule has 0 spiro atoms. The predicted octanol–water partition coefficient (Wildman–Crippen LogP) is 28.6. The fourth-order valence-electron chi connectivity index (χ4n) is 14.5. The number of aliphatic hydroxyl groups is 1. The first-order valence-electron chi connectivity index (χ1n) is 47.5. The monoisotopic (exact) mass is 1620 g/mol. The molecule has 0 aromatic heterocycles. The molecule has 0 heterocycles. The molecule has 0 saturated heterocycles. The molecule has 0 aliphatic carbocycles. The quantitative estimate of drug-likeness (QED) is 0.0222. The van der Waals surface area contributed by atoms with Gasteiger partial charge in [-0.05, 0) is 37.5 Å². The van der Waals surface area contributed by atoms with Crippen molar-refractivity contribution in [3.05, 3.63) is 0 Å². The number of hydrogen-bond donors (Lipinski definition) is 3. The number of phosphoric ester groups is 2. The summed E-state index contributed by atoms with van der Waals surface area (Å²) in [6.45, 7) is 9.72. The van der Waals surface area contributed by atoms with Gasteiger partial charge in [0.05, 0.1) is 26.4 Å². The van der Waals surface area contributed by atoms with E-state index in [-0.39, 0.29) is 25.7 Å². The van der Waals surface area contributed by atoms with Crippen LogP contribution in [0.15, 0.2) is 0 Å². The van der Waals surface area contributed by atoms with E-state index in [1.165, 1.54) is 315 Å². The molecule has 0 aliphatic heterocycles. The average molecular weight is 1620 g/mol. The molecular formula is C92H180O17P2. The van der Waals surface area contributed by atoms with Gasteiger partial charge in [-0.1, -0.05) is 446 Å². The van der Waals surface area contributed by atoms with Crippen LogP contribution in [0.3, 0.4) is 0 Å². The number of ether oxygens (including phenoxy) is 4. The first-order valence-corrected chi connectivity index (χ1v) is 50.5. The largest absolute Gasteiger partial charge is 0.472 e. The number of unbranched alkanes of at least 4 members (excludes halogenated alkanes) is 61. The SMILES string of the molecule is CCCCCCCCCCCCCCCCCCCCCCC(=O)OC[C@H](COP(=O)(O)OC[C@@H](O)COP(=O)(O)OC[C@@H](COC(=O)CCCCCCCCCCCC(C)C)OC(=O)CCCCCCCCCCCCCCCCCCC(C)C)OC(=O)CCCCCCCCCCCCCCCCCCCCCC. The van der Waals surface area contributed by atoms with Crippen molar-refractivity contribution in [2.45, 2.75) is 516 Å². The second-order valence-corrected chi connectivity index (χ2v) is 36.9. The Morgan fingerprint density at radius 1 is 0.243 bits per heavy atom. The van der Waals surface area contributed by atoms with Crippen LogP contribution in [0.25, 0.3) is 0 Å². The van der Waals surface area contributed by atoms with Gasteiger partial charge < -0.3 is 33.8 Å². The van der Waals surface area contributed by atoms with Gasteiger partial charge in [-0.15, -0.1) is 0 Å². The topological polar surface area (TPSA) is 237 Å². The maximum atomic E-state index is 13.2. The Hall–Kier alpha value is -1.94. The van der Waals surface area contributed by atoms with Gasteiger partial charge in [0.1, 0.15) is 19.3 Å². The minimum atomic E-state index is -4.97. The molecule has 0 aromatic rings. The van der Waals surface area contributed by atoms with Gasteiger partial charge in [0.2, 0.25) is 0 Å². The maximum Gasteiger partial charge on any atom is 0.472 e. The third kappa shape index (κ3) is 85.8. The molecule has 0 aromatic carbocycles. The van der Waals surface area contributed by atoms with E-state index in [1.807, 2.05) is 0 Å². The summed E-state index contributed by atoms with van der Waals surface area (Å²) < 4.78 is 69.1. The van der Waals surface area contributed by atoms with Crippen LogP contribution >= 0.6 is 15.6 Å². The fourth-order valence-corrected chi connectivity index (χ4v) is 16.1. The van der Waals surface area contributed by atoms with E-state index < -0.39 is 97.5 Å². The highest BCUT2D eigenvalue weighted by Crippen LogP contribution is 2.45. The predicted molar refractivity (Wildman–Crippen MR) is 460 cm³/mol. The Kier molecular flexibility index (Phi) is 81.7. The van der Waals surface area contributed by atoms with Crippen molar-refractivity contribution in [1.82, 2.24) is 0 Å². The van der Waals surface area contributed by atoms with Gasteiger partial charge in [-0.2, -0.15) is 0 Å². The van der Waals surface area contributed by atoms with Crippen LogP contribution in [0.4, 0.5) is 0 Å². The smallest absolute Gasteiger partial charge is 0.462 e. The van der Waals surface area contributed by atoms with E-state index in [2.05, 4.69) is 41.5 Å². The summed E-state index contributed by atoms with van der Waals surface area (Å²) in [5.74, 6) is -0.542. The standard InChI is InChI=1S/C92H180O17P2/c1-7-9-11-13-15-17-19-21-23-25-27-29-31-36-40-44-50-56-62-68-74-89(94)102-80-87(108-91(96)76-70-64-58-51-45-41-37-32-30-28-26-24-22-20-18-16-14-12-10-8-2)82-106-110(98,99)104-78-86(93)79-105-111(100,101)107-83-88(81-103-90(95)75-69-63-57-53-47-49-55-61-67-73-85(5)6)109-92(97)77-71-65-59-52-46-42-38-34-33-35-39-43-48-54-60-66-72-84(3)4/h84-88,93H,7-83H2,1-6H3,(H,98,99)(H,100,101)/t86-,87-,88-/m1/s1. The average Bonchev–Trinajstić information content (AvgIpc) is 0.896. The molecule has 0 bridgehead atoms. The molecule has 2 unspecified atom stereocenters. The summed E-state index contributed by atoms with van der Waals surface area (Å²) in [7, 11) is -9.94. The van der Waals surface area contributed by atoms with E-state index in [9.17, 15) is 43.2 Å². The van der Waals surface area contributed by atoms with E-state index in [1.54, 1.807) is 0 Å². The zero-order valence-corrected chi connectivity index (χ0v) is 75.1. The maximum absolute atomic E-state index is 13.2. The zero-order chi connectivity index (χ0) is 81.3. The highest BCUT2D eigenvalue weighted by molar-refractivity contribution is 7.47. The lowest BCUT2D eigenvalue weighted by atomic mass is 10.0. The van der Waals surface area contributed by atoms with Crippen molar-refractivity contribution in [3.8, 4) is 0 Å². The molecule has 0 fully saturated rings. The van der Waals surface area contributed by atoms with Crippen LogP contribution in [0, 0.1) is 11.8 Å². The van der Waals surface area contributed by atoms with E-state index in [0.29, 0.717) is 25.7 Å². The van der Waals surface area contributed by atoms with Gasteiger partial charge in [-0.25, -0.2) is 9.13 Å². The van der Waals surface area contributed by atoms with Crippen molar-refractivity contribution in [1.29, 1.82) is 0 Å². The molecule has 0 amide bonds. The van der Waals surface area contributed by atoms with Gasteiger partial charge in [0.25, 0.3) is 0 Å². The molecule has 17 nitrogen and oxygen atoms in total. The molecule has 0 saturated carbocycles. The molecule has 660 valence electrons. The summed E-state index contributed by atoms with van der Waals surface area (Å²) in [4.78, 5) is 73.5. The number of carbonyl (C=O) groups is 4. The molecule has 111 heavy (non-hydrogen) atoms. The van der Waals surface area contributed by atoms with Gasteiger partial charge in [-0.3, -0.25) is 37.3 Å². The van der Waals surface area contributed by atoms with Crippen LogP contribution < -0.4 is 0 Å². The van der Waals surface area contributed by atoms with Gasteiger partial charge in [0.15, 0.2) is 12.2 Å². The van der Waals surface area contributed by atoms with Crippen LogP contribution in [0.1, 0.15) is 497 Å². The Bertz CT molecular complexity index is 2120. The Morgan fingerprint density at radius 2 is 0.414 bits per heavy atom. The summed E-state index contributed by atoms with van der Waals surface area (Å²) in [5.41, 5.74) is 0. The lowest BCUT2D eigenvalue weighted by Crippen LogP contribution is -2.30. The van der Waals surface area contributed by atoms with Crippen molar-refractivity contribution >= 4 is 39.5 Å². The highest BCUT2D eigenvalue weighted by atomic mass is 31.2. The highest BCUT2D eigenvalue weighted by Gasteiger charge is 2.31. The van der Waals surface area contributed by atoms with E-state index in [0.717, 1.165) is 102 Å². The first-order chi connectivity index (χ1) is 53.9. The summed E-state index contributed by atoms with van der Waals surface area (Å²) >= 11 is 0. The second-order valence-electron chi connectivity index (χ2n) is 34.0. The fraction of sp³-hybridized carbons (Fsp3) is 0.957. The van der Waals surface area contributed by atoms with Crippen LogP contribution in [0.5, 0.6) is 0 Å². The first kappa shape index (κ1) is 109. The minimum absolute atomic E-state index is 0.108. The number of phosphoric acid groups is 2. The van der Waals surface area contributed by atoms with Crippen LogP contribution in [-0.4, -0.2) is 96.7 Å². The third-order valence-corrected chi connectivity index (χ3v) is 23.6. The second kappa shape index (κ2) is 83.1. The lowest BCUT2D eigenvalue weighted by molar-refractivity contribution is -0.161. The molecule has 3 N–H and O–H groups in total. The molecule has 0 aliphatic rings. The molecule has 0 radical (unpaired) electrons. The summed E-state index contributed by atoms with van der Waals surface area (Å²) in [6.07, 6.45) is 77.9.